The smallest absolute Gasteiger partial charge is 0.339 e. The number of fused-ring (bicyclic) bond motifs is 1. The van der Waals surface area contributed by atoms with E-state index < -0.39 is 16.0 Å². The minimum Gasteiger partial charge on any atom is -0.457 e. The van der Waals surface area contributed by atoms with Gasteiger partial charge in [-0.2, -0.15) is 4.31 Å². The van der Waals surface area contributed by atoms with E-state index in [4.69, 9.17) is 4.74 Å². The summed E-state index contributed by atoms with van der Waals surface area (Å²) in [6, 6.07) is 14.2. The first-order valence-electron chi connectivity index (χ1n) is 9.29. The highest BCUT2D eigenvalue weighted by molar-refractivity contribution is 7.89. The second-order valence-corrected chi connectivity index (χ2v) is 9.61. The second kappa shape index (κ2) is 8.03. The quantitative estimate of drug-likeness (QED) is 0.578. The lowest BCUT2D eigenvalue weighted by Gasteiger charge is -2.26. The van der Waals surface area contributed by atoms with Crippen LogP contribution in [0.1, 0.15) is 35.2 Å². The third kappa shape index (κ3) is 3.70. The molecule has 4 rings (SSSR count). The number of ether oxygens (including phenoxy) is 1. The zero-order valence-corrected chi connectivity index (χ0v) is 17.0. The lowest BCUT2D eigenvalue weighted by Crippen LogP contribution is -2.36. The van der Waals surface area contributed by atoms with E-state index in [-0.39, 0.29) is 17.1 Å². The topological polar surface area (TPSA) is 63.7 Å². The number of rotatable bonds is 5. The van der Waals surface area contributed by atoms with Crippen LogP contribution in [0.15, 0.2) is 58.8 Å². The summed E-state index contributed by atoms with van der Waals surface area (Å²) in [7, 11) is -3.71. The number of benzene rings is 2. The van der Waals surface area contributed by atoms with Crippen molar-refractivity contribution in [2.75, 3.05) is 13.1 Å². The molecule has 5 nitrogen and oxygen atoms in total. The molecule has 0 aliphatic carbocycles. The molecule has 28 heavy (non-hydrogen) atoms. The molecule has 7 heteroatoms. The first-order chi connectivity index (χ1) is 13.6. The molecule has 1 aliphatic rings. The van der Waals surface area contributed by atoms with Crippen molar-refractivity contribution in [1.29, 1.82) is 0 Å². The minimum atomic E-state index is -3.71. The average molecular weight is 416 g/mol. The van der Waals surface area contributed by atoms with Gasteiger partial charge in [0.2, 0.25) is 10.0 Å². The maximum atomic E-state index is 13.0. The molecule has 1 aromatic heterocycles. The maximum absolute atomic E-state index is 13.0. The van der Waals surface area contributed by atoms with Crippen LogP contribution in [-0.2, 0) is 21.4 Å². The van der Waals surface area contributed by atoms with Crippen LogP contribution in [0.5, 0.6) is 0 Å². The van der Waals surface area contributed by atoms with E-state index >= 15 is 0 Å². The van der Waals surface area contributed by atoms with Crippen molar-refractivity contribution in [2.45, 2.75) is 30.8 Å². The molecule has 146 valence electrons. The molecule has 0 bridgehead atoms. The summed E-state index contributed by atoms with van der Waals surface area (Å²) < 4.78 is 34.2. The van der Waals surface area contributed by atoms with Gasteiger partial charge in [-0.15, -0.1) is 11.3 Å². The van der Waals surface area contributed by atoms with Crippen molar-refractivity contribution in [1.82, 2.24) is 4.31 Å². The van der Waals surface area contributed by atoms with E-state index in [0.29, 0.717) is 13.1 Å². The van der Waals surface area contributed by atoms with Gasteiger partial charge in [0.1, 0.15) is 6.61 Å². The van der Waals surface area contributed by atoms with Crippen molar-refractivity contribution < 1.29 is 17.9 Å². The molecule has 0 saturated carbocycles. The molecule has 2 heterocycles. The summed E-state index contributed by atoms with van der Waals surface area (Å²) in [4.78, 5) is 12.7. The standard InChI is InChI=1S/C21H21NO4S2/c23-21(26-14-16-15-27-19-10-4-2-8-17(16)19)18-9-3-5-11-20(18)28(24,25)22-12-6-1-7-13-22/h2-5,8-11,15H,1,6-7,12-14H2. The van der Waals surface area contributed by atoms with Gasteiger partial charge in [0.25, 0.3) is 0 Å². The zero-order chi connectivity index (χ0) is 19.6. The molecule has 2 aromatic carbocycles. The van der Waals surface area contributed by atoms with Crippen molar-refractivity contribution in [3.8, 4) is 0 Å². The predicted molar refractivity (Wildman–Crippen MR) is 110 cm³/mol. The third-order valence-electron chi connectivity index (χ3n) is 4.96. The van der Waals surface area contributed by atoms with Gasteiger partial charge < -0.3 is 4.74 Å². The Morgan fingerprint density at radius 1 is 1.00 bits per heavy atom. The maximum Gasteiger partial charge on any atom is 0.339 e. The highest BCUT2D eigenvalue weighted by Gasteiger charge is 2.30. The lowest BCUT2D eigenvalue weighted by atomic mass is 10.2. The van der Waals surface area contributed by atoms with E-state index in [1.165, 1.54) is 16.4 Å². The SMILES string of the molecule is O=C(OCc1csc2ccccc12)c1ccccc1S(=O)(=O)N1CCCCC1. The van der Waals surface area contributed by atoms with Crippen LogP contribution in [-0.4, -0.2) is 31.8 Å². The Bertz CT molecular complexity index is 1100. The van der Waals surface area contributed by atoms with E-state index in [1.54, 1.807) is 23.5 Å². The first-order valence-corrected chi connectivity index (χ1v) is 11.6. The van der Waals surface area contributed by atoms with Gasteiger partial charge in [-0.3, -0.25) is 0 Å². The number of carbonyl (C=O) groups is 1. The number of esters is 1. The normalized spacial score (nSPS) is 15.6. The average Bonchev–Trinajstić information content (AvgIpc) is 3.16. The first kappa shape index (κ1) is 19.1. The number of piperidine rings is 1. The number of hydrogen-bond donors (Lipinski definition) is 0. The highest BCUT2D eigenvalue weighted by atomic mass is 32.2. The van der Waals surface area contributed by atoms with Gasteiger partial charge in [-0.1, -0.05) is 36.8 Å². The lowest BCUT2D eigenvalue weighted by molar-refractivity contribution is 0.0470. The summed E-state index contributed by atoms with van der Waals surface area (Å²) in [5, 5.41) is 3.02. The Hall–Kier alpha value is -2.22. The van der Waals surface area contributed by atoms with Crippen LogP contribution in [0.2, 0.25) is 0 Å². The van der Waals surface area contributed by atoms with Crippen LogP contribution in [0, 0.1) is 0 Å². The Balaban J connectivity index is 1.56. The molecular formula is C21H21NO4S2. The molecule has 0 radical (unpaired) electrons. The van der Waals surface area contributed by atoms with Gasteiger partial charge in [-0.25, -0.2) is 13.2 Å². The summed E-state index contributed by atoms with van der Waals surface area (Å²) in [6.45, 7) is 1.10. The molecule has 0 amide bonds. The molecule has 0 N–H and O–H groups in total. The fourth-order valence-corrected chi connectivity index (χ4v) is 6.11. The van der Waals surface area contributed by atoms with Crippen molar-refractivity contribution in [2.24, 2.45) is 0 Å². The number of thiophene rings is 1. The van der Waals surface area contributed by atoms with Crippen LogP contribution in [0.25, 0.3) is 10.1 Å². The van der Waals surface area contributed by atoms with E-state index in [0.717, 1.165) is 34.9 Å². The number of nitrogens with zero attached hydrogens (tertiary/aromatic N) is 1. The molecule has 1 aliphatic heterocycles. The summed E-state index contributed by atoms with van der Waals surface area (Å²) >= 11 is 1.59. The molecule has 3 aromatic rings. The van der Waals surface area contributed by atoms with Gasteiger partial charge >= 0.3 is 5.97 Å². The van der Waals surface area contributed by atoms with Crippen LogP contribution >= 0.6 is 11.3 Å². The van der Waals surface area contributed by atoms with Crippen molar-refractivity contribution in [3.63, 3.8) is 0 Å². The predicted octanol–water partition coefficient (Wildman–Crippen LogP) is 4.43. The van der Waals surface area contributed by atoms with Crippen LogP contribution in [0.3, 0.4) is 0 Å². The molecule has 0 spiro atoms. The third-order valence-corrected chi connectivity index (χ3v) is 7.93. The van der Waals surface area contributed by atoms with Gasteiger partial charge in [0, 0.05) is 23.4 Å². The van der Waals surface area contributed by atoms with Crippen molar-refractivity contribution >= 4 is 37.4 Å². The molecule has 0 atom stereocenters. The van der Waals surface area contributed by atoms with Gasteiger partial charge in [0.05, 0.1) is 10.5 Å². The fourth-order valence-electron chi connectivity index (χ4n) is 3.47. The van der Waals surface area contributed by atoms with Gasteiger partial charge in [0.15, 0.2) is 0 Å². The molecule has 0 unspecified atom stereocenters. The number of hydrogen-bond acceptors (Lipinski definition) is 5. The molecule has 1 fully saturated rings. The Kier molecular flexibility index (Phi) is 5.48. The Morgan fingerprint density at radius 3 is 2.54 bits per heavy atom. The van der Waals surface area contributed by atoms with E-state index in [9.17, 15) is 13.2 Å². The summed E-state index contributed by atoms with van der Waals surface area (Å²) in [5.74, 6) is -0.619. The number of sulfonamides is 1. The monoisotopic (exact) mass is 415 g/mol. The van der Waals surface area contributed by atoms with Crippen LogP contribution in [0.4, 0.5) is 0 Å². The van der Waals surface area contributed by atoms with Gasteiger partial charge in [-0.05, 0) is 41.8 Å². The largest absolute Gasteiger partial charge is 0.457 e. The summed E-state index contributed by atoms with van der Waals surface area (Å²) in [6.07, 6.45) is 2.72. The fraction of sp³-hybridized carbons (Fsp3) is 0.286. The Labute approximate surface area is 168 Å². The molecule has 1 saturated heterocycles. The van der Waals surface area contributed by atoms with Crippen molar-refractivity contribution in [3.05, 3.63) is 65.0 Å². The van der Waals surface area contributed by atoms with Crippen LogP contribution < -0.4 is 0 Å². The summed E-state index contributed by atoms with van der Waals surface area (Å²) in [5.41, 5.74) is 1.01. The second-order valence-electron chi connectivity index (χ2n) is 6.79. The Morgan fingerprint density at radius 2 is 1.71 bits per heavy atom. The zero-order valence-electron chi connectivity index (χ0n) is 15.3. The molecular weight excluding hydrogens is 394 g/mol. The minimum absolute atomic E-state index is 0.0251. The number of carbonyl (C=O) groups excluding carboxylic acids is 1. The van der Waals surface area contributed by atoms with E-state index in [1.807, 2.05) is 29.6 Å². The van der Waals surface area contributed by atoms with E-state index in [2.05, 4.69) is 0 Å². The highest BCUT2D eigenvalue weighted by Crippen LogP contribution is 2.27.